The zero-order valence-corrected chi connectivity index (χ0v) is 52.1. The number of rotatable bonds is 5. The second-order valence-electron chi connectivity index (χ2n) is 30.5. The minimum Gasteiger partial charge on any atom is -0.311 e. The molecular formula is C77H86BN3. The Morgan fingerprint density at radius 1 is 0.407 bits per heavy atom. The summed E-state index contributed by atoms with van der Waals surface area (Å²) in [5.74, 6) is 0. The Morgan fingerprint density at radius 2 is 0.951 bits per heavy atom. The normalized spacial score (nSPS) is 18.2. The molecule has 13 rings (SSSR count). The van der Waals surface area contributed by atoms with E-state index in [4.69, 9.17) is 0 Å². The molecule has 0 unspecified atom stereocenters. The van der Waals surface area contributed by atoms with E-state index >= 15 is 0 Å². The third kappa shape index (κ3) is 8.09. The van der Waals surface area contributed by atoms with Crippen molar-refractivity contribution in [1.29, 1.82) is 0 Å². The van der Waals surface area contributed by atoms with Crippen LogP contribution in [-0.4, -0.2) is 6.71 Å². The van der Waals surface area contributed by atoms with Gasteiger partial charge in [0.15, 0.2) is 0 Å². The smallest absolute Gasteiger partial charge is 0.252 e. The highest BCUT2D eigenvalue weighted by Gasteiger charge is 2.49. The summed E-state index contributed by atoms with van der Waals surface area (Å²) in [7, 11) is 0. The Labute approximate surface area is 486 Å². The van der Waals surface area contributed by atoms with Gasteiger partial charge in [0.2, 0.25) is 0 Å². The molecule has 0 bridgehead atoms. The molecule has 2 aliphatic heterocycles. The first-order chi connectivity index (χ1) is 38.0. The van der Waals surface area contributed by atoms with Gasteiger partial charge in [-0.05, 0) is 216 Å². The fourth-order valence-corrected chi connectivity index (χ4v) is 15.4. The third-order valence-electron chi connectivity index (χ3n) is 20.7. The van der Waals surface area contributed by atoms with Crippen molar-refractivity contribution in [1.82, 2.24) is 0 Å². The molecule has 0 aromatic heterocycles. The van der Waals surface area contributed by atoms with E-state index in [1.54, 1.807) is 0 Å². The molecule has 8 aromatic carbocycles. The zero-order valence-electron chi connectivity index (χ0n) is 52.1. The van der Waals surface area contributed by atoms with Gasteiger partial charge in [0.25, 0.3) is 6.71 Å². The number of anilines is 9. The van der Waals surface area contributed by atoms with Crippen LogP contribution in [-0.2, 0) is 37.9 Å². The molecule has 412 valence electrons. The first-order valence-corrected chi connectivity index (χ1v) is 30.5. The third-order valence-corrected chi connectivity index (χ3v) is 20.7. The number of hydrogen-bond donors (Lipinski definition) is 0. The molecular weight excluding hydrogens is 978 g/mol. The van der Waals surface area contributed by atoms with Gasteiger partial charge in [-0.1, -0.05) is 196 Å². The van der Waals surface area contributed by atoms with Gasteiger partial charge in [0, 0.05) is 50.9 Å². The molecule has 3 nitrogen and oxygen atoms in total. The van der Waals surface area contributed by atoms with Crippen LogP contribution in [0.4, 0.5) is 51.2 Å². The van der Waals surface area contributed by atoms with Crippen LogP contribution >= 0.6 is 0 Å². The molecule has 3 aliphatic carbocycles. The van der Waals surface area contributed by atoms with Gasteiger partial charge < -0.3 is 14.7 Å². The number of aryl methyl sites for hydroxylation is 2. The first kappa shape index (κ1) is 53.5. The van der Waals surface area contributed by atoms with Crippen molar-refractivity contribution in [3.05, 3.63) is 201 Å². The quantitative estimate of drug-likeness (QED) is 0.159. The molecule has 0 saturated carbocycles. The molecule has 0 amide bonds. The van der Waals surface area contributed by atoms with Gasteiger partial charge in [0.1, 0.15) is 0 Å². The first-order valence-electron chi connectivity index (χ1n) is 30.5. The van der Waals surface area contributed by atoms with Crippen LogP contribution in [0, 0.1) is 13.8 Å². The van der Waals surface area contributed by atoms with Crippen LogP contribution in [0.25, 0.3) is 11.1 Å². The average molecular weight is 1060 g/mol. The standard InChI is InChI=1S/C77H86BN3/c1-47-24-19-21-27-62(47)79(63-28-22-20-25-48(63)2)52-32-35-60-65(44-52)81(64-29-23-26-54-53-33-30-49(71(3,4)5)40-56(53)77(17,18)69(54)64)68-42-50(72(6,7)8)41-67-70(68)78(60)61-45-58-59(76(15,16)39-38-75(58,13)14)46-66(61)80(67)51-31-34-55-57(43-51)74(11,12)37-36-73(55,9)10/h19-35,40-46H,36-39H2,1-18H3. The minimum atomic E-state index is -0.299. The van der Waals surface area contributed by atoms with E-state index in [0.29, 0.717) is 0 Å². The van der Waals surface area contributed by atoms with Crippen molar-refractivity contribution in [3.63, 3.8) is 0 Å². The lowest BCUT2D eigenvalue weighted by Crippen LogP contribution is -2.62. The highest BCUT2D eigenvalue weighted by Crippen LogP contribution is 2.58. The monoisotopic (exact) mass is 1060 g/mol. The second-order valence-corrected chi connectivity index (χ2v) is 30.5. The summed E-state index contributed by atoms with van der Waals surface area (Å²) in [6.45, 7) is 43.6. The average Bonchev–Trinajstić information content (AvgIpc) is 1.95. The van der Waals surface area contributed by atoms with Crippen molar-refractivity contribution in [3.8, 4) is 11.1 Å². The van der Waals surface area contributed by atoms with Crippen molar-refractivity contribution < 1.29 is 0 Å². The number of fused-ring (bicyclic) bond motifs is 9. The molecule has 0 saturated heterocycles. The lowest BCUT2D eigenvalue weighted by atomic mass is 9.33. The Bertz CT molecular complexity index is 3890. The summed E-state index contributed by atoms with van der Waals surface area (Å²) < 4.78 is 0. The Kier molecular flexibility index (Phi) is 11.6. The van der Waals surface area contributed by atoms with Crippen LogP contribution in [0.5, 0.6) is 0 Å². The SMILES string of the molecule is Cc1ccccc1N(c1ccc2c(c1)N(c1cccc3c1C(C)(C)c1cc(C(C)(C)C)ccc1-3)c1cc(C(C)(C)C)cc3c1B2c1cc2c(cc1N3c1ccc3c(c1)C(C)(C)CCC3(C)C)C(C)(C)CCC2(C)C)c1ccccc1C. The molecule has 0 spiro atoms. The molecule has 2 heterocycles. The number of para-hydroxylation sites is 2. The second kappa shape index (κ2) is 17.6. The maximum absolute atomic E-state index is 2.75. The van der Waals surface area contributed by atoms with Crippen LogP contribution in [0.15, 0.2) is 146 Å². The molecule has 5 aliphatic rings. The van der Waals surface area contributed by atoms with Gasteiger partial charge in [-0.3, -0.25) is 0 Å². The van der Waals surface area contributed by atoms with Crippen LogP contribution in [0.3, 0.4) is 0 Å². The summed E-state index contributed by atoms with van der Waals surface area (Å²) in [6, 6.07) is 58.1. The van der Waals surface area contributed by atoms with Gasteiger partial charge >= 0.3 is 0 Å². The molecule has 0 atom stereocenters. The largest absolute Gasteiger partial charge is 0.311 e. The molecule has 0 radical (unpaired) electrons. The van der Waals surface area contributed by atoms with Crippen molar-refractivity contribution >= 4 is 74.3 Å². The summed E-state index contributed by atoms with van der Waals surface area (Å²) in [4.78, 5) is 8.02. The molecule has 0 N–H and O–H groups in total. The van der Waals surface area contributed by atoms with E-state index in [1.807, 2.05) is 0 Å². The summed E-state index contributed by atoms with van der Waals surface area (Å²) in [5.41, 5.74) is 31.6. The predicted molar refractivity (Wildman–Crippen MR) is 350 cm³/mol. The fraction of sp³-hybridized carbons (Fsp3) is 0.377. The van der Waals surface area contributed by atoms with E-state index in [-0.39, 0.29) is 44.6 Å². The number of benzene rings is 8. The van der Waals surface area contributed by atoms with Gasteiger partial charge in [-0.25, -0.2) is 0 Å². The summed E-state index contributed by atoms with van der Waals surface area (Å²) in [6.07, 6.45) is 4.66. The maximum atomic E-state index is 2.75. The van der Waals surface area contributed by atoms with E-state index < -0.39 is 0 Å². The highest BCUT2D eigenvalue weighted by molar-refractivity contribution is 7.00. The topological polar surface area (TPSA) is 9.72 Å². The van der Waals surface area contributed by atoms with Crippen LogP contribution in [0.2, 0.25) is 0 Å². The predicted octanol–water partition coefficient (Wildman–Crippen LogP) is 19.5. The van der Waals surface area contributed by atoms with E-state index in [0.717, 1.165) is 18.5 Å². The molecule has 8 aromatic rings. The Balaban J connectivity index is 1.17. The fourth-order valence-electron chi connectivity index (χ4n) is 15.4. The molecule has 4 heteroatoms. The van der Waals surface area contributed by atoms with E-state index in [9.17, 15) is 0 Å². The minimum absolute atomic E-state index is 0.0123. The van der Waals surface area contributed by atoms with Crippen molar-refractivity contribution in [2.45, 2.75) is 188 Å². The van der Waals surface area contributed by atoms with Gasteiger partial charge in [-0.2, -0.15) is 0 Å². The molecule has 81 heavy (non-hydrogen) atoms. The number of hydrogen-bond acceptors (Lipinski definition) is 3. The maximum Gasteiger partial charge on any atom is 0.252 e. The van der Waals surface area contributed by atoms with Crippen molar-refractivity contribution in [2.75, 3.05) is 14.7 Å². The molecule has 0 fully saturated rings. The van der Waals surface area contributed by atoms with Crippen LogP contribution in [0.1, 0.15) is 192 Å². The van der Waals surface area contributed by atoms with Gasteiger partial charge in [0.05, 0.1) is 5.69 Å². The zero-order chi connectivity index (χ0) is 57.5. The summed E-state index contributed by atoms with van der Waals surface area (Å²) >= 11 is 0. The van der Waals surface area contributed by atoms with E-state index in [1.165, 1.54) is 141 Å². The van der Waals surface area contributed by atoms with Crippen LogP contribution < -0.4 is 31.1 Å². The highest BCUT2D eigenvalue weighted by atomic mass is 15.2. The van der Waals surface area contributed by atoms with Gasteiger partial charge in [-0.15, -0.1) is 0 Å². The van der Waals surface area contributed by atoms with Crippen molar-refractivity contribution in [2.24, 2.45) is 0 Å². The lowest BCUT2D eigenvalue weighted by Gasteiger charge is -2.48. The Morgan fingerprint density at radius 3 is 1.54 bits per heavy atom. The Hall–Kier alpha value is -6.78. The number of nitrogens with zero attached hydrogens (tertiary/aromatic N) is 3. The lowest BCUT2D eigenvalue weighted by molar-refractivity contribution is 0.332. The summed E-state index contributed by atoms with van der Waals surface area (Å²) in [5, 5.41) is 0. The van der Waals surface area contributed by atoms with E-state index in [2.05, 4.69) is 285 Å².